The molecule has 2 aliphatic rings. The standard InChI is InChI=1S/C25H34N4O3/c1-32-23-8-6-18(7-9-23)12-21-13-24(28-17-27-21)25(31)26-14-22(30)16-29-11-10-19-4-2-3-5-20(19)15-29/h2-5,13,17-18,22-23,30H,6-12,14-16H2,1H3,(H,26,31)/t18?,22-,23?/m0/s1. The van der Waals surface area contributed by atoms with Crippen molar-refractivity contribution in [2.75, 3.05) is 26.7 Å². The molecule has 0 unspecified atom stereocenters. The van der Waals surface area contributed by atoms with Gasteiger partial charge in [0, 0.05) is 39.0 Å². The summed E-state index contributed by atoms with van der Waals surface area (Å²) in [6.07, 6.45) is 7.48. The molecule has 7 nitrogen and oxygen atoms in total. The average molecular weight is 439 g/mol. The van der Waals surface area contributed by atoms with Crippen LogP contribution < -0.4 is 5.32 Å². The maximum Gasteiger partial charge on any atom is 0.270 e. The first kappa shape index (κ1) is 22.8. The summed E-state index contributed by atoms with van der Waals surface area (Å²) in [4.78, 5) is 23.3. The van der Waals surface area contributed by atoms with Crippen molar-refractivity contribution >= 4 is 5.91 Å². The molecule has 1 aromatic heterocycles. The second-order valence-electron chi connectivity index (χ2n) is 9.09. The molecular formula is C25H34N4O3. The molecular weight excluding hydrogens is 404 g/mol. The second-order valence-corrected chi connectivity index (χ2v) is 9.09. The summed E-state index contributed by atoms with van der Waals surface area (Å²) in [5, 5.41) is 13.3. The van der Waals surface area contributed by atoms with E-state index in [4.69, 9.17) is 4.74 Å². The fraction of sp³-hybridized carbons (Fsp3) is 0.560. The fourth-order valence-corrected chi connectivity index (χ4v) is 4.87. The summed E-state index contributed by atoms with van der Waals surface area (Å²) in [5.41, 5.74) is 3.97. The quantitative estimate of drug-likeness (QED) is 0.658. The average Bonchev–Trinajstić information content (AvgIpc) is 2.83. The lowest BCUT2D eigenvalue weighted by molar-refractivity contribution is 0.0567. The third kappa shape index (κ3) is 6.12. The molecule has 2 N–H and O–H groups in total. The zero-order chi connectivity index (χ0) is 22.3. The summed E-state index contributed by atoms with van der Waals surface area (Å²) in [6, 6.07) is 10.2. The van der Waals surface area contributed by atoms with Gasteiger partial charge in [0.05, 0.1) is 12.2 Å². The molecule has 0 saturated heterocycles. The molecule has 1 aliphatic carbocycles. The minimum absolute atomic E-state index is 0.206. The first-order chi connectivity index (χ1) is 15.6. The monoisotopic (exact) mass is 438 g/mol. The molecule has 1 saturated carbocycles. The predicted octanol–water partition coefficient (Wildman–Crippen LogP) is 2.37. The first-order valence-corrected chi connectivity index (χ1v) is 11.7. The Balaban J connectivity index is 1.23. The van der Waals surface area contributed by atoms with E-state index < -0.39 is 6.10 Å². The van der Waals surface area contributed by atoms with Crippen LogP contribution in [0.4, 0.5) is 0 Å². The van der Waals surface area contributed by atoms with Gasteiger partial charge in [0.1, 0.15) is 12.0 Å². The normalized spacial score (nSPS) is 22.2. The lowest BCUT2D eigenvalue weighted by Gasteiger charge is -2.30. The van der Waals surface area contributed by atoms with Gasteiger partial charge >= 0.3 is 0 Å². The fourth-order valence-electron chi connectivity index (χ4n) is 4.87. The molecule has 1 aromatic carbocycles. The third-order valence-electron chi connectivity index (χ3n) is 6.76. The van der Waals surface area contributed by atoms with E-state index in [0.29, 0.717) is 24.3 Å². The van der Waals surface area contributed by atoms with Crippen molar-refractivity contribution in [1.29, 1.82) is 0 Å². The molecule has 172 valence electrons. The third-order valence-corrected chi connectivity index (χ3v) is 6.76. The molecule has 7 heteroatoms. The van der Waals surface area contributed by atoms with Crippen molar-refractivity contribution in [3.8, 4) is 0 Å². The van der Waals surface area contributed by atoms with Gasteiger partial charge in [0.25, 0.3) is 5.91 Å². The van der Waals surface area contributed by atoms with E-state index in [1.54, 1.807) is 13.2 Å². The van der Waals surface area contributed by atoms with Gasteiger partial charge in [-0.15, -0.1) is 0 Å². The van der Waals surface area contributed by atoms with Gasteiger partial charge in [-0.1, -0.05) is 24.3 Å². The minimum atomic E-state index is -0.624. The van der Waals surface area contributed by atoms with E-state index in [1.165, 1.54) is 17.5 Å². The molecule has 2 heterocycles. The minimum Gasteiger partial charge on any atom is -0.390 e. The van der Waals surface area contributed by atoms with Crippen LogP contribution in [0.1, 0.15) is 53.0 Å². The number of hydrogen-bond donors (Lipinski definition) is 2. The first-order valence-electron chi connectivity index (χ1n) is 11.7. The number of aromatic nitrogens is 2. The van der Waals surface area contributed by atoms with Crippen LogP contribution in [-0.4, -0.2) is 64.8 Å². The number of fused-ring (bicyclic) bond motifs is 1. The molecule has 0 spiro atoms. The van der Waals surface area contributed by atoms with Crippen molar-refractivity contribution in [2.45, 2.75) is 57.3 Å². The highest BCUT2D eigenvalue weighted by molar-refractivity contribution is 5.92. The Morgan fingerprint density at radius 2 is 2.00 bits per heavy atom. The molecule has 4 rings (SSSR count). The maximum absolute atomic E-state index is 12.6. The van der Waals surface area contributed by atoms with Crippen LogP contribution in [0.3, 0.4) is 0 Å². The summed E-state index contributed by atoms with van der Waals surface area (Å²) < 4.78 is 5.45. The Labute approximate surface area is 190 Å². The van der Waals surface area contributed by atoms with Crippen molar-refractivity contribution in [1.82, 2.24) is 20.2 Å². The molecule has 1 aliphatic heterocycles. The van der Waals surface area contributed by atoms with Crippen molar-refractivity contribution in [3.63, 3.8) is 0 Å². The lowest BCUT2D eigenvalue weighted by atomic mass is 9.84. The molecule has 1 atom stereocenters. The topological polar surface area (TPSA) is 87.6 Å². The van der Waals surface area contributed by atoms with Crippen LogP contribution in [0.25, 0.3) is 0 Å². The van der Waals surface area contributed by atoms with Gasteiger partial charge in [-0.05, 0) is 61.6 Å². The summed E-state index contributed by atoms with van der Waals surface area (Å²) >= 11 is 0. The van der Waals surface area contributed by atoms with E-state index in [1.807, 2.05) is 0 Å². The Morgan fingerprint density at radius 3 is 2.78 bits per heavy atom. The zero-order valence-electron chi connectivity index (χ0n) is 18.9. The second kappa shape index (κ2) is 11.0. The smallest absolute Gasteiger partial charge is 0.270 e. The number of nitrogens with zero attached hydrogens (tertiary/aromatic N) is 3. The SMILES string of the molecule is COC1CCC(Cc2cc(C(=O)NC[C@H](O)CN3CCc4ccccc4C3)ncn2)CC1. The van der Waals surface area contributed by atoms with Crippen LogP contribution in [-0.2, 0) is 24.1 Å². The predicted molar refractivity (Wildman–Crippen MR) is 122 cm³/mol. The lowest BCUT2D eigenvalue weighted by Crippen LogP contribution is -2.42. The number of ether oxygens (including phenoxy) is 1. The molecule has 2 aromatic rings. The van der Waals surface area contributed by atoms with Crippen LogP contribution >= 0.6 is 0 Å². The van der Waals surface area contributed by atoms with Gasteiger partial charge < -0.3 is 15.2 Å². The number of amides is 1. The van der Waals surface area contributed by atoms with Crippen LogP contribution in [0.2, 0.25) is 0 Å². The molecule has 0 bridgehead atoms. The number of methoxy groups -OCH3 is 1. The molecule has 1 fully saturated rings. The van der Waals surface area contributed by atoms with Crippen molar-refractivity contribution in [3.05, 3.63) is 59.2 Å². The number of β-amino-alcohol motifs (C(OH)–C–C–N with tert-alkyl or cyclic N) is 1. The van der Waals surface area contributed by atoms with E-state index in [2.05, 4.69) is 44.5 Å². The van der Waals surface area contributed by atoms with Gasteiger partial charge in [0.2, 0.25) is 0 Å². The number of aliphatic hydroxyl groups excluding tert-OH is 1. The summed E-state index contributed by atoms with van der Waals surface area (Å²) in [7, 11) is 1.78. The summed E-state index contributed by atoms with van der Waals surface area (Å²) in [6.45, 7) is 2.50. The number of benzene rings is 1. The highest BCUT2D eigenvalue weighted by Gasteiger charge is 2.22. The Bertz CT molecular complexity index is 898. The molecule has 1 amide bonds. The van der Waals surface area contributed by atoms with Crippen LogP contribution in [0.5, 0.6) is 0 Å². The number of carbonyl (C=O) groups excluding carboxylic acids is 1. The van der Waals surface area contributed by atoms with Crippen LogP contribution in [0, 0.1) is 5.92 Å². The number of aliphatic hydroxyl groups is 1. The Hall–Kier alpha value is -2.35. The highest BCUT2D eigenvalue weighted by atomic mass is 16.5. The maximum atomic E-state index is 12.6. The van der Waals surface area contributed by atoms with E-state index in [9.17, 15) is 9.90 Å². The van der Waals surface area contributed by atoms with Gasteiger partial charge in [0.15, 0.2) is 0 Å². The largest absolute Gasteiger partial charge is 0.390 e. The van der Waals surface area contributed by atoms with E-state index in [0.717, 1.165) is 57.3 Å². The molecule has 32 heavy (non-hydrogen) atoms. The molecule has 0 radical (unpaired) electrons. The Morgan fingerprint density at radius 1 is 1.22 bits per heavy atom. The zero-order valence-corrected chi connectivity index (χ0v) is 18.9. The highest BCUT2D eigenvalue weighted by Crippen LogP contribution is 2.28. The van der Waals surface area contributed by atoms with Gasteiger partial charge in [-0.3, -0.25) is 9.69 Å². The van der Waals surface area contributed by atoms with Crippen molar-refractivity contribution < 1.29 is 14.6 Å². The van der Waals surface area contributed by atoms with E-state index in [-0.39, 0.29) is 12.5 Å². The number of rotatable bonds is 8. The van der Waals surface area contributed by atoms with Gasteiger partial charge in [-0.2, -0.15) is 0 Å². The number of carbonyl (C=O) groups is 1. The van der Waals surface area contributed by atoms with Gasteiger partial charge in [-0.25, -0.2) is 9.97 Å². The van der Waals surface area contributed by atoms with Crippen molar-refractivity contribution in [2.24, 2.45) is 5.92 Å². The number of nitrogens with one attached hydrogen (secondary N) is 1. The number of hydrogen-bond acceptors (Lipinski definition) is 6. The van der Waals surface area contributed by atoms with Crippen LogP contribution in [0.15, 0.2) is 36.7 Å². The van der Waals surface area contributed by atoms with E-state index >= 15 is 0 Å². The Kier molecular flexibility index (Phi) is 7.84. The summed E-state index contributed by atoms with van der Waals surface area (Å²) in [5.74, 6) is 0.309.